The van der Waals surface area contributed by atoms with E-state index in [9.17, 15) is 21.6 Å². The van der Waals surface area contributed by atoms with Crippen molar-refractivity contribution in [3.8, 4) is 5.75 Å². The van der Waals surface area contributed by atoms with E-state index in [4.69, 9.17) is 26.2 Å². The molecule has 0 fully saturated rings. The molecule has 0 aliphatic heterocycles. The first-order valence-corrected chi connectivity index (χ1v) is 11.2. The van der Waals surface area contributed by atoms with Crippen molar-refractivity contribution in [2.45, 2.75) is 10.4 Å². The Balaban J connectivity index is 0.000000423. The monoisotopic (exact) mass is 498 g/mol. The Morgan fingerprint density at radius 3 is 2.39 bits per heavy atom. The van der Waals surface area contributed by atoms with Gasteiger partial charge in [-0.1, -0.05) is 17.7 Å². The maximum Gasteiger partial charge on any atom is 0.490 e. The zero-order chi connectivity index (χ0) is 23.4. The molecule has 3 rings (SSSR count). The van der Waals surface area contributed by atoms with Gasteiger partial charge in [0.05, 0.1) is 9.85 Å². The molecule has 170 valence electrons. The third-order valence-electron chi connectivity index (χ3n) is 3.76. The average Bonchev–Trinajstić information content (AvgIpc) is 3.28. The van der Waals surface area contributed by atoms with Gasteiger partial charge in [0, 0.05) is 18.1 Å². The van der Waals surface area contributed by atoms with Gasteiger partial charge >= 0.3 is 12.1 Å². The highest BCUT2D eigenvalue weighted by molar-refractivity contribution is 7.92. The van der Waals surface area contributed by atoms with Crippen LogP contribution in [0.2, 0.25) is 4.34 Å². The van der Waals surface area contributed by atoms with Crippen molar-refractivity contribution in [1.29, 1.82) is 0 Å². The molecule has 0 aliphatic carbocycles. The number of fused-ring (bicyclic) bond motifs is 1. The number of alkyl halides is 3. The molecule has 2 aromatic heterocycles. The number of benzene rings is 1. The fourth-order valence-electron chi connectivity index (χ4n) is 2.32. The molecule has 0 atom stereocenters. The van der Waals surface area contributed by atoms with Gasteiger partial charge in [0.1, 0.15) is 16.6 Å². The molecule has 0 amide bonds. The minimum absolute atomic E-state index is 0.212. The number of rotatable bonds is 6. The number of carbonyl (C=O) groups is 1. The minimum atomic E-state index is -5.08. The van der Waals surface area contributed by atoms with Gasteiger partial charge in [0.15, 0.2) is 0 Å². The first-order valence-electron chi connectivity index (χ1n) is 8.52. The predicted molar refractivity (Wildman–Crippen MR) is 112 cm³/mol. The number of nitrogens with zero attached hydrogens (tertiary/aromatic N) is 2. The number of aliphatic carboxylic acids is 1. The van der Waals surface area contributed by atoms with Crippen LogP contribution < -0.4 is 4.74 Å². The maximum atomic E-state index is 12.8. The molecule has 0 bridgehead atoms. The van der Waals surface area contributed by atoms with Crippen LogP contribution in [0.15, 0.2) is 46.8 Å². The van der Waals surface area contributed by atoms with Crippen molar-refractivity contribution >= 4 is 49.8 Å². The average molecular weight is 499 g/mol. The Bertz CT molecular complexity index is 1160. The number of thiophene rings is 1. The maximum absolute atomic E-state index is 12.8. The van der Waals surface area contributed by atoms with Crippen LogP contribution in [0.3, 0.4) is 0 Å². The topological polar surface area (TPSA) is 88.8 Å². The predicted octanol–water partition coefficient (Wildman–Crippen LogP) is 4.17. The second-order valence-corrected chi connectivity index (χ2v) is 10.1. The van der Waals surface area contributed by atoms with Crippen LogP contribution in [0.5, 0.6) is 5.75 Å². The smallest absolute Gasteiger partial charge is 0.490 e. The molecule has 0 aliphatic rings. The van der Waals surface area contributed by atoms with Gasteiger partial charge < -0.3 is 14.7 Å². The van der Waals surface area contributed by atoms with Crippen molar-refractivity contribution < 1.29 is 36.2 Å². The van der Waals surface area contributed by atoms with Crippen LogP contribution >= 0.6 is 22.9 Å². The summed E-state index contributed by atoms with van der Waals surface area (Å²) in [4.78, 5) is 10.9. The lowest BCUT2D eigenvalue weighted by molar-refractivity contribution is -0.192. The third-order valence-corrected chi connectivity index (χ3v) is 7.15. The van der Waals surface area contributed by atoms with Gasteiger partial charge in [-0.2, -0.15) is 21.6 Å². The van der Waals surface area contributed by atoms with E-state index in [2.05, 4.69) is 0 Å². The fraction of sp³-hybridized carbons (Fsp3) is 0.278. The van der Waals surface area contributed by atoms with Crippen LogP contribution in [-0.2, 0) is 14.8 Å². The summed E-state index contributed by atoms with van der Waals surface area (Å²) in [5, 5.41) is 7.89. The highest BCUT2D eigenvalue weighted by Gasteiger charge is 2.38. The normalized spacial score (nSPS) is 12.0. The van der Waals surface area contributed by atoms with Crippen molar-refractivity contribution in [2.24, 2.45) is 0 Å². The zero-order valence-electron chi connectivity index (χ0n) is 16.3. The van der Waals surface area contributed by atoms with E-state index in [1.165, 1.54) is 10.0 Å². The van der Waals surface area contributed by atoms with Crippen LogP contribution in [-0.4, -0.2) is 61.8 Å². The summed E-state index contributed by atoms with van der Waals surface area (Å²) in [5.41, 5.74) is 0.585. The lowest BCUT2D eigenvalue weighted by Gasteiger charge is -2.12. The Morgan fingerprint density at radius 2 is 1.87 bits per heavy atom. The van der Waals surface area contributed by atoms with Crippen LogP contribution in [0, 0.1) is 0 Å². The Morgan fingerprint density at radius 1 is 1.23 bits per heavy atom. The van der Waals surface area contributed by atoms with E-state index in [1.807, 2.05) is 25.1 Å². The number of likely N-dealkylation sites (N-methyl/N-ethyl adjacent to an activating group) is 1. The molecule has 3 aromatic rings. The van der Waals surface area contributed by atoms with Crippen molar-refractivity contribution in [3.05, 3.63) is 46.9 Å². The van der Waals surface area contributed by atoms with Crippen LogP contribution in [0.4, 0.5) is 13.2 Å². The lowest BCUT2D eigenvalue weighted by atomic mass is 10.2. The molecule has 1 N–H and O–H groups in total. The van der Waals surface area contributed by atoms with Gasteiger partial charge in [-0.3, -0.25) is 0 Å². The molecule has 0 saturated carbocycles. The van der Waals surface area contributed by atoms with E-state index in [1.54, 1.807) is 30.5 Å². The molecule has 0 spiro atoms. The second kappa shape index (κ2) is 9.90. The number of hydrogen-bond acceptors (Lipinski definition) is 6. The van der Waals surface area contributed by atoms with E-state index < -0.39 is 22.2 Å². The second-order valence-electron chi connectivity index (χ2n) is 6.32. The van der Waals surface area contributed by atoms with Gasteiger partial charge in [0.25, 0.3) is 10.0 Å². The molecule has 7 nitrogen and oxygen atoms in total. The minimum Gasteiger partial charge on any atom is -0.492 e. The summed E-state index contributed by atoms with van der Waals surface area (Å²) < 4.78 is 65.1. The van der Waals surface area contributed by atoms with Crippen molar-refractivity contribution in [3.63, 3.8) is 0 Å². The summed E-state index contributed by atoms with van der Waals surface area (Å²) >= 11 is 6.92. The van der Waals surface area contributed by atoms with E-state index >= 15 is 0 Å². The number of carboxylic acids is 1. The van der Waals surface area contributed by atoms with Gasteiger partial charge in [-0.15, -0.1) is 11.3 Å². The summed E-state index contributed by atoms with van der Waals surface area (Å²) in [6.45, 7) is 1.31. The summed E-state index contributed by atoms with van der Waals surface area (Å²) in [5.74, 6) is -2.08. The standard InChI is InChI=1S/C16H17ClN2O3S2.C2HF3O2/c1-18(2)10-11-22-14-5-3-4-13-12(14)8-9-19(13)24(20,21)16-7-6-15(17)23-16;3-2(4,5)1(6)7/h3-9H,10-11H2,1-2H3;(H,6,7). The van der Waals surface area contributed by atoms with E-state index in [-0.39, 0.29) is 4.21 Å². The highest BCUT2D eigenvalue weighted by atomic mass is 35.5. The fourth-order valence-corrected chi connectivity index (χ4v) is 5.24. The third kappa shape index (κ3) is 6.35. The van der Waals surface area contributed by atoms with Crippen LogP contribution in [0.25, 0.3) is 10.9 Å². The summed E-state index contributed by atoms with van der Waals surface area (Å²) in [7, 11) is 0.278. The lowest BCUT2D eigenvalue weighted by Crippen LogP contribution is -2.21. The quantitative estimate of drug-likeness (QED) is 0.549. The first-order chi connectivity index (χ1) is 14.3. The molecule has 1 aromatic carbocycles. The molecule has 0 unspecified atom stereocenters. The summed E-state index contributed by atoms with van der Waals surface area (Å²) in [6, 6.07) is 10.3. The Hall–Kier alpha value is -2.28. The summed E-state index contributed by atoms with van der Waals surface area (Å²) in [6.07, 6.45) is -3.54. The van der Waals surface area contributed by atoms with Gasteiger partial charge in [-0.05, 0) is 44.4 Å². The van der Waals surface area contributed by atoms with Crippen molar-refractivity contribution in [1.82, 2.24) is 8.87 Å². The Labute approximate surface area is 185 Å². The van der Waals surface area contributed by atoms with E-state index in [0.29, 0.717) is 22.2 Å². The molecule has 0 radical (unpaired) electrons. The molecule has 2 heterocycles. The largest absolute Gasteiger partial charge is 0.492 e. The van der Waals surface area contributed by atoms with E-state index in [0.717, 1.165) is 23.3 Å². The number of halogens is 4. The number of aromatic nitrogens is 1. The van der Waals surface area contributed by atoms with Gasteiger partial charge in [0.2, 0.25) is 0 Å². The van der Waals surface area contributed by atoms with Crippen LogP contribution in [0.1, 0.15) is 0 Å². The zero-order valence-corrected chi connectivity index (χ0v) is 18.6. The molecular weight excluding hydrogens is 481 g/mol. The Kier molecular flexibility index (Phi) is 7.98. The highest BCUT2D eigenvalue weighted by Crippen LogP contribution is 2.32. The first kappa shape index (κ1) is 25.0. The molecule has 31 heavy (non-hydrogen) atoms. The molecular formula is C18H18ClF3N2O5S2. The number of hydrogen-bond donors (Lipinski definition) is 1. The van der Waals surface area contributed by atoms with Gasteiger partial charge in [-0.25, -0.2) is 8.77 Å². The number of carboxylic acid groups (broad SMARTS) is 1. The SMILES string of the molecule is CN(C)CCOc1cccc2c1ccn2S(=O)(=O)c1ccc(Cl)s1.O=C(O)C(F)(F)F. The number of ether oxygens (including phenoxy) is 1. The molecule has 13 heteroatoms. The van der Waals surface area contributed by atoms with Crippen molar-refractivity contribution in [2.75, 3.05) is 27.2 Å². The molecule has 0 saturated heterocycles.